The number of carbonyl (C=O) groups excluding carboxylic acids is 1. The van der Waals surface area contributed by atoms with Crippen molar-refractivity contribution in [2.24, 2.45) is 0 Å². The van der Waals surface area contributed by atoms with Crippen molar-refractivity contribution in [1.82, 2.24) is 5.32 Å². The highest BCUT2D eigenvalue weighted by atomic mass is 35.5. The number of carbonyl (C=O) groups is 1. The molecule has 1 fully saturated rings. The maximum Gasteiger partial charge on any atom is 0.259 e. The van der Waals surface area contributed by atoms with Crippen LogP contribution in [0.4, 0.5) is 0 Å². The molecule has 1 aromatic carbocycles. The van der Waals surface area contributed by atoms with Crippen LogP contribution in [0.15, 0.2) is 18.2 Å². The average molecular weight is 293 g/mol. The first-order valence-corrected chi connectivity index (χ1v) is 7.04. The Kier molecular flexibility index (Phi) is 4.51. The van der Waals surface area contributed by atoms with Gasteiger partial charge in [0.25, 0.3) is 5.91 Å². The van der Waals surface area contributed by atoms with E-state index in [0.29, 0.717) is 23.6 Å². The first kappa shape index (κ1) is 14.7. The van der Waals surface area contributed by atoms with E-state index in [9.17, 15) is 10.1 Å². The molecule has 1 aliphatic rings. The molecule has 5 heteroatoms. The molecule has 20 heavy (non-hydrogen) atoms. The van der Waals surface area contributed by atoms with Crippen molar-refractivity contribution in [2.45, 2.75) is 38.1 Å². The Morgan fingerprint density at radius 2 is 2.20 bits per heavy atom. The lowest BCUT2D eigenvalue weighted by Crippen LogP contribution is -2.47. The molecule has 1 amide bonds. The number of ether oxygens (including phenoxy) is 1. The number of nitriles is 1. The fourth-order valence-electron chi connectivity index (χ4n) is 2.41. The van der Waals surface area contributed by atoms with Crippen LogP contribution in [0.3, 0.4) is 0 Å². The van der Waals surface area contributed by atoms with E-state index in [-0.39, 0.29) is 12.5 Å². The van der Waals surface area contributed by atoms with Crippen LogP contribution in [0.5, 0.6) is 5.75 Å². The molecule has 0 radical (unpaired) electrons. The summed E-state index contributed by atoms with van der Waals surface area (Å²) in [5.41, 5.74) is 0.297. The summed E-state index contributed by atoms with van der Waals surface area (Å²) in [4.78, 5) is 11.9. The van der Waals surface area contributed by atoms with Crippen molar-refractivity contribution in [1.29, 1.82) is 5.26 Å². The third kappa shape index (κ3) is 3.43. The Balaban J connectivity index is 1.92. The zero-order valence-corrected chi connectivity index (χ0v) is 12.2. The molecule has 0 aromatic heterocycles. The van der Waals surface area contributed by atoms with E-state index in [1.165, 1.54) is 0 Å². The van der Waals surface area contributed by atoms with Crippen molar-refractivity contribution in [2.75, 3.05) is 6.61 Å². The molecule has 0 bridgehead atoms. The van der Waals surface area contributed by atoms with Gasteiger partial charge in [-0.05, 0) is 50.3 Å². The standard InChI is InChI=1S/C15H17ClN2O2/c1-11-4-5-12(16)13(8-11)20-9-14(19)18-15(10-17)6-2-3-7-15/h4-5,8H,2-3,6-7,9H2,1H3,(H,18,19). The summed E-state index contributed by atoms with van der Waals surface area (Å²) in [7, 11) is 0. The summed E-state index contributed by atoms with van der Waals surface area (Å²) in [5, 5.41) is 12.5. The Hall–Kier alpha value is -1.73. The Morgan fingerprint density at radius 1 is 1.50 bits per heavy atom. The fraction of sp³-hybridized carbons (Fsp3) is 0.467. The van der Waals surface area contributed by atoms with Gasteiger partial charge in [0.1, 0.15) is 11.3 Å². The lowest BCUT2D eigenvalue weighted by molar-refractivity contribution is -0.124. The predicted molar refractivity (Wildman–Crippen MR) is 76.6 cm³/mol. The summed E-state index contributed by atoms with van der Waals surface area (Å²) < 4.78 is 5.43. The predicted octanol–water partition coefficient (Wildman–Crippen LogP) is 2.98. The second-order valence-electron chi connectivity index (χ2n) is 5.17. The number of hydrogen-bond acceptors (Lipinski definition) is 3. The van der Waals surface area contributed by atoms with Gasteiger partial charge in [-0.2, -0.15) is 5.26 Å². The van der Waals surface area contributed by atoms with Gasteiger partial charge in [0.2, 0.25) is 0 Å². The highest BCUT2D eigenvalue weighted by molar-refractivity contribution is 6.32. The van der Waals surface area contributed by atoms with E-state index in [0.717, 1.165) is 18.4 Å². The van der Waals surface area contributed by atoms with E-state index in [1.807, 2.05) is 13.0 Å². The largest absolute Gasteiger partial charge is 0.482 e. The van der Waals surface area contributed by atoms with Crippen LogP contribution in [0.2, 0.25) is 5.02 Å². The fourth-order valence-corrected chi connectivity index (χ4v) is 2.58. The van der Waals surface area contributed by atoms with Gasteiger partial charge in [-0.1, -0.05) is 17.7 Å². The third-order valence-electron chi connectivity index (χ3n) is 3.50. The van der Waals surface area contributed by atoms with Crippen LogP contribution in [0.25, 0.3) is 0 Å². The highest BCUT2D eigenvalue weighted by Gasteiger charge is 2.35. The van der Waals surface area contributed by atoms with Crippen LogP contribution in [0, 0.1) is 18.3 Å². The minimum Gasteiger partial charge on any atom is -0.482 e. The van der Waals surface area contributed by atoms with Gasteiger partial charge in [0.15, 0.2) is 6.61 Å². The van der Waals surface area contributed by atoms with Gasteiger partial charge in [0.05, 0.1) is 11.1 Å². The zero-order valence-electron chi connectivity index (χ0n) is 11.4. The Morgan fingerprint density at radius 3 is 2.85 bits per heavy atom. The molecule has 106 valence electrons. The molecule has 0 heterocycles. The molecule has 0 saturated heterocycles. The summed E-state index contributed by atoms with van der Waals surface area (Å²) in [5.74, 6) is 0.199. The van der Waals surface area contributed by atoms with Crippen LogP contribution in [0.1, 0.15) is 31.2 Å². The molecule has 0 aliphatic heterocycles. The number of rotatable bonds is 4. The van der Waals surface area contributed by atoms with Crippen molar-refractivity contribution in [3.8, 4) is 11.8 Å². The topological polar surface area (TPSA) is 62.1 Å². The molecule has 1 N–H and O–H groups in total. The van der Waals surface area contributed by atoms with Crippen molar-refractivity contribution < 1.29 is 9.53 Å². The summed E-state index contributed by atoms with van der Waals surface area (Å²) >= 11 is 6.00. The first-order chi connectivity index (χ1) is 9.54. The smallest absolute Gasteiger partial charge is 0.259 e. The van der Waals surface area contributed by atoms with Gasteiger partial charge in [-0.25, -0.2) is 0 Å². The highest BCUT2D eigenvalue weighted by Crippen LogP contribution is 2.29. The van der Waals surface area contributed by atoms with Gasteiger partial charge in [-0.3, -0.25) is 4.79 Å². The quantitative estimate of drug-likeness (QED) is 0.928. The van der Waals surface area contributed by atoms with Crippen molar-refractivity contribution in [3.05, 3.63) is 28.8 Å². The summed E-state index contributed by atoms with van der Waals surface area (Å²) in [6.07, 6.45) is 3.36. The first-order valence-electron chi connectivity index (χ1n) is 6.66. The van der Waals surface area contributed by atoms with E-state index in [4.69, 9.17) is 16.3 Å². The maximum atomic E-state index is 11.9. The number of nitrogens with zero attached hydrogens (tertiary/aromatic N) is 1. The molecule has 2 rings (SSSR count). The van der Waals surface area contributed by atoms with E-state index >= 15 is 0 Å². The van der Waals surface area contributed by atoms with Gasteiger partial charge in [-0.15, -0.1) is 0 Å². The van der Waals surface area contributed by atoms with Crippen LogP contribution < -0.4 is 10.1 Å². The van der Waals surface area contributed by atoms with Crippen LogP contribution in [-0.4, -0.2) is 18.1 Å². The number of nitrogens with one attached hydrogen (secondary N) is 1. The normalized spacial score (nSPS) is 16.4. The van der Waals surface area contributed by atoms with Crippen molar-refractivity contribution >= 4 is 17.5 Å². The minimum atomic E-state index is -0.711. The number of amides is 1. The van der Waals surface area contributed by atoms with E-state index in [1.54, 1.807) is 12.1 Å². The molecule has 0 atom stereocenters. The van der Waals surface area contributed by atoms with Crippen molar-refractivity contribution in [3.63, 3.8) is 0 Å². The number of benzene rings is 1. The van der Waals surface area contributed by atoms with Crippen LogP contribution in [-0.2, 0) is 4.79 Å². The van der Waals surface area contributed by atoms with Crippen LogP contribution >= 0.6 is 11.6 Å². The molecule has 4 nitrogen and oxygen atoms in total. The third-order valence-corrected chi connectivity index (χ3v) is 3.81. The number of halogens is 1. The summed E-state index contributed by atoms with van der Waals surface area (Å²) in [6, 6.07) is 7.60. The molecule has 1 aromatic rings. The molecular formula is C15H17ClN2O2. The van der Waals surface area contributed by atoms with E-state index in [2.05, 4.69) is 11.4 Å². The number of aryl methyl sites for hydroxylation is 1. The zero-order chi connectivity index (χ0) is 14.6. The summed E-state index contributed by atoms with van der Waals surface area (Å²) in [6.45, 7) is 1.79. The molecule has 0 unspecified atom stereocenters. The van der Waals surface area contributed by atoms with E-state index < -0.39 is 5.54 Å². The monoisotopic (exact) mass is 292 g/mol. The second-order valence-corrected chi connectivity index (χ2v) is 5.58. The Bertz CT molecular complexity index is 545. The molecule has 1 aliphatic carbocycles. The Labute approximate surface area is 123 Å². The maximum absolute atomic E-state index is 11.9. The molecule has 0 spiro atoms. The lowest BCUT2D eigenvalue weighted by atomic mass is 10.00. The number of hydrogen-bond donors (Lipinski definition) is 1. The minimum absolute atomic E-state index is 0.132. The van der Waals surface area contributed by atoms with Gasteiger partial charge in [0, 0.05) is 0 Å². The SMILES string of the molecule is Cc1ccc(Cl)c(OCC(=O)NC2(C#N)CCCC2)c1. The van der Waals surface area contributed by atoms with Gasteiger partial charge >= 0.3 is 0 Å². The molecule has 1 saturated carbocycles. The average Bonchev–Trinajstić information content (AvgIpc) is 2.89. The lowest BCUT2D eigenvalue weighted by Gasteiger charge is -2.22. The molecular weight excluding hydrogens is 276 g/mol. The second kappa shape index (κ2) is 6.15. The van der Waals surface area contributed by atoms with Gasteiger partial charge < -0.3 is 10.1 Å².